The number of hydrogen-bond acceptors (Lipinski definition) is 5. The SMILES string of the molecule is CCCC(=O)N1CCCC1C(=O)N1CCC(Oc2ccnc(C(N)=O)c2)CC1. The highest BCUT2D eigenvalue weighted by molar-refractivity contribution is 5.91. The van der Waals surface area contributed by atoms with Crippen molar-refractivity contribution in [2.45, 2.75) is 57.6 Å². The van der Waals surface area contributed by atoms with E-state index in [2.05, 4.69) is 4.98 Å². The molecule has 0 aromatic carbocycles. The fraction of sp³-hybridized carbons (Fsp3) is 0.600. The van der Waals surface area contributed by atoms with Gasteiger partial charge in [0.2, 0.25) is 11.8 Å². The zero-order valence-electron chi connectivity index (χ0n) is 16.3. The second-order valence-corrected chi connectivity index (χ2v) is 7.38. The first-order chi connectivity index (χ1) is 13.5. The molecule has 3 heterocycles. The topological polar surface area (TPSA) is 106 Å². The summed E-state index contributed by atoms with van der Waals surface area (Å²) in [5.74, 6) is 0.102. The smallest absolute Gasteiger partial charge is 0.267 e. The van der Waals surface area contributed by atoms with Crippen molar-refractivity contribution >= 4 is 17.7 Å². The van der Waals surface area contributed by atoms with Crippen LogP contribution in [0.25, 0.3) is 0 Å². The van der Waals surface area contributed by atoms with Gasteiger partial charge in [-0.1, -0.05) is 6.92 Å². The Bertz CT molecular complexity index is 731. The van der Waals surface area contributed by atoms with Gasteiger partial charge in [0, 0.05) is 51.2 Å². The number of likely N-dealkylation sites (tertiary alicyclic amines) is 2. The average Bonchev–Trinajstić information content (AvgIpc) is 3.18. The van der Waals surface area contributed by atoms with Crippen LogP contribution in [0.15, 0.2) is 18.3 Å². The number of nitrogens with two attached hydrogens (primary N) is 1. The van der Waals surface area contributed by atoms with Crippen LogP contribution in [0.3, 0.4) is 0 Å². The normalized spacial score (nSPS) is 20.2. The number of primary amides is 1. The lowest BCUT2D eigenvalue weighted by Gasteiger charge is -2.35. The van der Waals surface area contributed by atoms with Crippen molar-refractivity contribution < 1.29 is 19.1 Å². The quantitative estimate of drug-likeness (QED) is 0.792. The zero-order valence-corrected chi connectivity index (χ0v) is 16.3. The van der Waals surface area contributed by atoms with E-state index >= 15 is 0 Å². The summed E-state index contributed by atoms with van der Waals surface area (Å²) in [5, 5.41) is 0. The molecular formula is C20H28N4O4. The Kier molecular flexibility index (Phi) is 6.49. The fourth-order valence-electron chi connectivity index (χ4n) is 3.90. The van der Waals surface area contributed by atoms with Crippen LogP contribution in [0.1, 0.15) is 55.9 Å². The van der Waals surface area contributed by atoms with Gasteiger partial charge in [0.15, 0.2) is 0 Å². The molecule has 2 aliphatic heterocycles. The number of carbonyl (C=O) groups is 3. The first kappa shape index (κ1) is 20.1. The number of pyridine rings is 1. The lowest BCUT2D eigenvalue weighted by atomic mass is 10.1. The van der Waals surface area contributed by atoms with Gasteiger partial charge in [-0.2, -0.15) is 0 Å². The molecule has 8 heteroatoms. The molecule has 3 rings (SSSR count). The Balaban J connectivity index is 1.53. The third-order valence-electron chi connectivity index (χ3n) is 5.36. The number of rotatable bonds is 6. The molecule has 28 heavy (non-hydrogen) atoms. The van der Waals surface area contributed by atoms with E-state index in [0.29, 0.717) is 44.6 Å². The van der Waals surface area contributed by atoms with Gasteiger partial charge in [-0.3, -0.25) is 19.4 Å². The van der Waals surface area contributed by atoms with Crippen molar-refractivity contribution in [1.82, 2.24) is 14.8 Å². The van der Waals surface area contributed by atoms with Crippen LogP contribution in [0.4, 0.5) is 0 Å². The predicted octanol–water partition coefficient (Wildman–Crippen LogP) is 1.34. The molecule has 1 atom stereocenters. The number of nitrogens with zero attached hydrogens (tertiary/aromatic N) is 3. The maximum absolute atomic E-state index is 12.9. The van der Waals surface area contributed by atoms with E-state index in [4.69, 9.17) is 10.5 Å². The van der Waals surface area contributed by atoms with Crippen LogP contribution in [0, 0.1) is 0 Å². The van der Waals surface area contributed by atoms with Gasteiger partial charge >= 0.3 is 0 Å². The van der Waals surface area contributed by atoms with E-state index in [1.165, 1.54) is 12.3 Å². The maximum Gasteiger partial charge on any atom is 0.267 e. The minimum Gasteiger partial charge on any atom is -0.490 e. The van der Waals surface area contributed by atoms with Crippen LogP contribution in [0.2, 0.25) is 0 Å². The first-order valence-electron chi connectivity index (χ1n) is 10.0. The van der Waals surface area contributed by atoms with Gasteiger partial charge in [0.1, 0.15) is 23.6 Å². The minimum absolute atomic E-state index is 0.0337. The highest BCUT2D eigenvalue weighted by Gasteiger charge is 2.37. The third kappa shape index (κ3) is 4.61. The molecule has 2 N–H and O–H groups in total. The molecule has 2 saturated heterocycles. The number of amides is 3. The van der Waals surface area contributed by atoms with Crippen molar-refractivity contribution in [2.75, 3.05) is 19.6 Å². The van der Waals surface area contributed by atoms with Crippen LogP contribution in [0.5, 0.6) is 5.75 Å². The summed E-state index contributed by atoms with van der Waals surface area (Å²) in [6, 6.07) is 2.92. The molecule has 8 nitrogen and oxygen atoms in total. The largest absolute Gasteiger partial charge is 0.490 e. The van der Waals surface area contributed by atoms with Crippen molar-refractivity contribution in [3.63, 3.8) is 0 Å². The number of piperidine rings is 1. The summed E-state index contributed by atoms with van der Waals surface area (Å²) >= 11 is 0. The Labute approximate surface area is 165 Å². The Morgan fingerprint density at radius 1 is 1.21 bits per heavy atom. The molecule has 2 aliphatic rings. The first-order valence-corrected chi connectivity index (χ1v) is 10.0. The monoisotopic (exact) mass is 388 g/mol. The highest BCUT2D eigenvalue weighted by Crippen LogP contribution is 2.24. The van der Waals surface area contributed by atoms with Crippen LogP contribution in [-0.2, 0) is 9.59 Å². The molecular weight excluding hydrogens is 360 g/mol. The van der Waals surface area contributed by atoms with E-state index in [9.17, 15) is 14.4 Å². The second-order valence-electron chi connectivity index (χ2n) is 7.38. The Morgan fingerprint density at radius 2 is 1.96 bits per heavy atom. The van der Waals surface area contributed by atoms with Crippen molar-refractivity contribution in [2.24, 2.45) is 5.73 Å². The van der Waals surface area contributed by atoms with Gasteiger partial charge in [-0.05, 0) is 25.3 Å². The van der Waals surface area contributed by atoms with Crippen LogP contribution >= 0.6 is 0 Å². The summed E-state index contributed by atoms with van der Waals surface area (Å²) in [4.78, 5) is 44.0. The molecule has 152 valence electrons. The highest BCUT2D eigenvalue weighted by atomic mass is 16.5. The molecule has 0 spiro atoms. The molecule has 3 amide bonds. The molecule has 1 unspecified atom stereocenters. The van der Waals surface area contributed by atoms with Crippen LogP contribution < -0.4 is 10.5 Å². The Morgan fingerprint density at radius 3 is 2.64 bits per heavy atom. The van der Waals surface area contributed by atoms with Gasteiger partial charge in [-0.15, -0.1) is 0 Å². The summed E-state index contributed by atoms with van der Waals surface area (Å²) in [7, 11) is 0. The van der Waals surface area contributed by atoms with E-state index in [1.54, 1.807) is 11.0 Å². The zero-order chi connectivity index (χ0) is 20.1. The standard InChI is InChI=1S/C20H28N4O4/c1-2-4-18(25)24-10-3-5-17(24)20(27)23-11-7-14(8-12-23)28-15-6-9-22-16(13-15)19(21)26/h6,9,13-14,17H,2-5,7-8,10-12H2,1H3,(H2,21,26). The fourth-order valence-corrected chi connectivity index (χ4v) is 3.90. The van der Waals surface area contributed by atoms with Gasteiger partial charge in [0.05, 0.1) is 0 Å². The summed E-state index contributed by atoms with van der Waals surface area (Å²) in [5.41, 5.74) is 5.42. The average molecular weight is 388 g/mol. The number of aromatic nitrogens is 1. The summed E-state index contributed by atoms with van der Waals surface area (Å²) in [6.45, 7) is 3.86. The Hall–Kier alpha value is -2.64. The van der Waals surface area contributed by atoms with Crippen molar-refractivity contribution in [3.05, 3.63) is 24.0 Å². The van der Waals surface area contributed by atoms with E-state index in [-0.39, 0.29) is 29.7 Å². The minimum atomic E-state index is -0.593. The van der Waals surface area contributed by atoms with Crippen molar-refractivity contribution in [1.29, 1.82) is 0 Å². The summed E-state index contributed by atoms with van der Waals surface area (Å²) < 4.78 is 5.94. The third-order valence-corrected chi connectivity index (χ3v) is 5.36. The molecule has 0 radical (unpaired) electrons. The number of ether oxygens (including phenoxy) is 1. The maximum atomic E-state index is 12.9. The predicted molar refractivity (Wildman–Crippen MR) is 103 cm³/mol. The lowest BCUT2D eigenvalue weighted by Crippen LogP contribution is -2.51. The van der Waals surface area contributed by atoms with Gasteiger partial charge in [-0.25, -0.2) is 0 Å². The molecule has 1 aromatic heterocycles. The van der Waals surface area contributed by atoms with E-state index in [1.807, 2.05) is 11.8 Å². The molecule has 1 aromatic rings. The lowest BCUT2D eigenvalue weighted by molar-refractivity contribution is -0.145. The molecule has 2 fully saturated rings. The number of carbonyl (C=O) groups excluding carboxylic acids is 3. The molecule has 0 saturated carbocycles. The molecule has 0 bridgehead atoms. The van der Waals surface area contributed by atoms with Crippen molar-refractivity contribution in [3.8, 4) is 5.75 Å². The van der Waals surface area contributed by atoms with E-state index in [0.717, 1.165) is 19.3 Å². The number of hydrogen-bond donors (Lipinski definition) is 1. The second kappa shape index (κ2) is 9.03. The summed E-state index contributed by atoms with van der Waals surface area (Å²) in [6.07, 6.45) is 5.80. The molecule has 0 aliphatic carbocycles. The van der Waals surface area contributed by atoms with E-state index < -0.39 is 5.91 Å². The van der Waals surface area contributed by atoms with Gasteiger partial charge < -0.3 is 20.3 Å². The van der Waals surface area contributed by atoms with Crippen LogP contribution in [-0.4, -0.2) is 64.3 Å². The van der Waals surface area contributed by atoms with Gasteiger partial charge in [0.25, 0.3) is 5.91 Å².